The van der Waals surface area contributed by atoms with Gasteiger partial charge in [-0.2, -0.15) is 5.10 Å². The predicted molar refractivity (Wildman–Crippen MR) is 127 cm³/mol. The maximum atomic E-state index is 12.5. The first kappa shape index (κ1) is 22.7. The lowest BCUT2D eigenvalue weighted by Gasteiger charge is -2.26. The lowest BCUT2D eigenvalue weighted by Crippen LogP contribution is -2.35. The smallest absolute Gasteiger partial charge is 0.253 e. The van der Waals surface area contributed by atoms with Crippen molar-refractivity contribution in [3.05, 3.63) is 71.3 Å². The molecular formula is C26H30N4O3. The second-order valence-corrected chi connectivity index (χ2v) is 8.51. The summed E-state index contributed by atoms with van der Waals surface area (Å²) in [4.78, 5) is 39.1. The average Bonchev–Trinajstić information content (AvgIpc) is 3.37. The zero-order valence-electron chi connectivity index (χ0n) is 18.8. The van der Waals surface area contributed by atoms with Crippen molar-refractivity contribution >= 4 is 23.4 Å². The fourth-order valence-electron chi connectivity index (χ4n) is 4.15. The van der Waals surface area contributed by atoms with E-state index >= 15 is 0 Å². The van der Waals surface area contributed by atoms with Gasteiger partial charge < -0.3 is 10.2 Å². The van der Waals surface area contributed by atoms with E-state index in [4.69, 9.17) is 0 Å². The van der Waals surface area contributed by atoms with Crippen molar-refractivity contribution in [2.75, 3.05) is 19.6 Å². The highest BCUT2D eigenvalue weighted by Crippen LogP contribution is 2.16. The third-order valence-electron chi connectivity index (χ3n) is 6.10. The molecule has 33 heavy (non-hydrogen) atoms. The normalized spacial score (nSPS) is 15.8. The highest BCUT2D eigenvalue weighted by atomic mass is 16.2. The van der Waals surface area contributed by atoms with Gasteiger partial charge in [0.1, 0.15) is 0 Å². The van der Waals surface area contributed by atoms with E-state index in [9.17, 15) is 14.4 Å². The van der Waals surface area contributed by atoms with Crippen molar-refractivity contribution < 1.29 is 14.4 Å². The molecule has 0 aromatic heterocycles. The maximum absolute atomic E-state index is 12.5. The molecule has 0 unspecified atom stereocenters. The summed E-state index contributed by atoms with van der Waals surface area (Å²) in [6, 6.07) is 17.2. The molecule has 172 valence electrons. The molecular weight excluding hydrogens is 416 g/mol. The van der Waals surface area contributed by atoms with Crippen LogP contribution in [0.5, 0.6) is 0 Å². The molecule has 0 bridgehead atoms. The number of likely N-dealkylation sites (tertiary alicyclic amines) is 1. The molecule has 0 saturated carbocycles. The van der Waals surface area contributed by atoms with Gasteiger partial charge in [0.2, 0.25) is 11.8 Å². The number of carbonyl (C=O) groups excluding carboxylic acids is 3. The van der Waals surface area contributed by atoms with Crippen LogP contribution in [0.3, 0.4) is 0 Å². The number of hydrogen-bond donors (Lipinski definition) is 1. The molecule has 0 spiro atoms. The summed E-state index contributed by atoms with van der Waals surface area (Å²) in [6.07, 6.45) is 4.29. The Bertz CT molecular complexity index is 1010. The second kappa shape index (κ2) is 10.9. The van der Waals surface area contributed by atoms with E-state index in [0.717, 1.165) is 49.2 Å². The van der Waals surface area contributed by atoms with E-state index in [1.165, 1.54) is 11.4 Å². The summed E-state index contributed by atoms with van der Waals surface area (Å²) in [5.41, 5.74) is 3.52. The highest BCUT2D eigenvalue weighted by Gasteiger charge is 2.22. The van der Waals surface area contributed by atoms with Crippen molar-refractivity contribution in [1.82, 2.24) is 15.2 Å². The van der Waals surface area contributed by atoms with E-state index in [-0.39, 0.29) is 30.6 Å². The van der Waals surface area contributed by atoms with Gasteiger partial charge in [-0.3, -0.25) is 14.4 Å². The van der Waals surface area contributed by atoms with Crippen LogP contribution in [0.4, 0.5) is 0 Å². The number of piperidine rings is 1. The second-order valence-electron chi connectivity index (χ2n) is 8.51. The third-order valence-corrected chi connectivity index (χ3v) is 6.10. The molecule has 0 atom stereocenters. The Morgan fingerprint density at radius 2 is 1.58 bits per heavy atom. The fourth-order valence-corrected chi connectivity index (χ4v) is 4.15. The van der Waals surface area contributed by atoms with Gasteiger partial charge in [0.25, 0.3) is 5.91 Å². The van der Waals surface area contributed by atoms with Gasteiger partial charge in [-0.25, -0.2) is 5.01 Å². The van der Waals surface area contributed by atoms with E-state index in [0.29, 0.717) is 18.7 Å². The lowest BCUT2D eigenvalue weighted by atomic mass is 10.1. The molecule has 7 heteroatoms. The summed E-state index contributed by atoms with van der Waals surface area (Å²) >= 11 is 0. The van der Waals surface area contributed by atoms with Gasteiger partial charge in [0.15, 0.2) is 0 Å². The molecule has 2 aliphatic heterocycles. The van der Waals surface area contributed by atoms with Crippen molar-refractivity contribution in [3.63, 3.8) is 0 Å². The molecule has 2 heterocycles. The van der Waals surface area contributed by atoms with Crippen LogP contribution in [-0.2, 0) is 16.1 Å². The Kier molecular flexibility index (Phi) is 7.50. The number of hydrogen-bond acceptors (Lipinski definition) is 4. The van der Waals surface area contributed by atoms with Gasteiger partial charge in [-0.15, -0.1) is 0 Å². The molecule has 7 nitrogen and oxygen atoms in total. The Hall–Kier alpha value is -3.48. The van der Waals surface area contributed by atoms with E-state index in [1.54, 1.807) is 0 Å². The minimum Gasteiger partial charge on any atom is -0.352 e. The minimum atomic E-state index is -0.178. The standard InChI is InChI=1S/C26H30N4O3/c31-24(13-14-25(32)30-18-15-23(28-30)21-7-3-1-4-8-21)27-19-20-9-11-22(12-10-20)26(33)29-16-5-2-6-17-29/h1,3-4,7-12H,2,5-6,13-19H2,(H,27,31). The SMILES string of the molecule is O=C(CCC(=O)N1CCC(c2ccccc2)=N1)NCc1ccc(C(=O)N2CCCCC2)cc1. The predicted octanol–water partition coefficient (Wildman–Crippen LogP) is 3.35. The number of hydrazone groups is 1. The number of benzene rings is 2. The number of nitrogens with zero attached hydrogens (tertiary/aromatic N) is 3. The van der Waals surface area contributed by atoms with Crippen LogP contribution in [0.15, 0.2) is 59.7 Å². The van der Waals surface area contributed by atoms with Crippen molar-refractivity contribution in [1.29, 1.82) is 0 Å². The van der Waals surface area contributed by atoms with Crippen molar-refractivity contribution in [2.45, 2.75) is 45.1 Å². The topological polar surface area (TPSA) is 82.1 Å². The molecule has 2 aromatic rings. The molecule has 1 saturated heterocycles. The van der Waals surface area contributed by atoms with Crippen molar-refractivity contribution in [3.8, 4) is 0 Å². The van der Waals surface area contributed by atoms with Crippen LogP contribution in [0.1, 0.15) is 60.0 Å². The molecule has 1 N–H and O–H groups in total. The average molecular weight is 447 g/mol. The first-order chi connectivity index (χ1) is 16.1. The number of rotatable bonds is 7. The summed E-state index contributed by atoms with van der Waals surface area (Å²) in [5.74, 6) is -0.247. The summed E-state index contributed by atoms with van der Waals surface area (Å²) in [7, 11) is 0. The summed E-state index contributed by atoms with van der Waals surface area (Å²) in [5, 5.41) is 8.74. The Balaban J connectivity index is 1.20. The van der Waals surface area contributed by atoms with Crippen LogP contribution in [-0.4, -0.2) is 53.0 Å². The van der Waals surface area contributed by atoms with Gasteiger partial charge >= 0.3 is 0 Å². The van der Waals surface area contributed by atoms with Crippen LogP contribution in [0, 0.1) is 0 Å². The van der Waals surface area contributed by atoms with E-state index in [2.05, 4.69) is 10.4 Å². The van der Waals surface area contributed by atoms with Crippen LogP contribution in [0.2, 0.25) is 0 Å². The molecule has 0 aliphatic carbocycles. The lowest BCUT2D eigenvalue weighted by molar-refractivity contribution is -0.133. The van der Waals surface area contributed by atoms with Gasteiger partial charge in [0.05, 0.1) is 12.3 Å². The Labute approximate surface area is 194 Å². The molecule has 2 aromatic carbocycles. The molecule has 1 fully saturated rings. The molecule has 4 rings (SSSR count). The number of nitrogens with one attached hydrogen (secondary N) is 1. The fraction of sp³-hybridized carbons (Fsp3) is 0.385. The first-order valence-corrected chi connectivity index (χ1v) is 11.7. The minimum absolute atomic E-state index is 0.0730. The first-order valence-electron chi connectivity index (χ1n) is 11.7. The zero-order valence-corrected chi connectivity index (χ0v) is 18.8. The van der Waals surface area contributed by atoms with Gasteiger partial charge in [-0.1, -0.05) is 42.5 Å². The van der Waals surface area contributed by atoms with Crippen LogP contribution in [0.25, 0.3) is 0 Å². The summed E-state index contributed by atoms with van der Waals surface area (Å²) < 4.78 is 0. The molecule has 0 radical (unpaired) electrons. The Morgan fingerprint density at radius 3 is 2.30 bits per heavy atom. The monoisotopic (exact) mass is 446 g/mol. The van der Waals surface area contributed by atoms with E-state index in [1.807, 2.05) is 59.5 Å². The third kappa shape index (κ3) is 6.06. The van der Waals surface area contributed by atoms with Crippen LogP contribution >= 0.6 is 0 Å². The largest absolute Gasteiger partial charge is 0.352 e. The molecule has 2 aliphatic rings. The maximum Gasteiger partial charge on any atom is 0.253 e. The highest BCUT2D eigenvalue weighted by molar-refractivity contribution is 6.02. The molecule has 3 amide bonds. The summed E-state index contributed by atoms with van der Waals surface area (Å²) in [6.45, 7) is 2.57. The van der Waals surface area contributed by atoms with E-state index < -0.39 is 0 Å². The van der Waals surface area contributed by atoms with Crippen molar-refractivity contribution in [2.24, 2.45) is 5.10 Å². The number of amides is 3. The van der Waals surface area contributed by atoms with Gasteiger partial charge in [0, 0.05) is 44.5 Å². The Morgan fingerprint density at radius 1 is 0.848 bits per heavy atom. The van der Waals surface area contributed by atoms with Gasteiger partial charge in [-0.05, 0) is 42.5 Å². The zero-order chi connectivity index (χ0) is 23.0. The quantitative estimate of drug-likeness (QED) is 0.708. The number of carbonyl (C=O) groups is 3. The van der Waals surface area contributed by atoms with Crippen LogP contribution < -0.4 is 5.32 Å².